The van der Waals surface area contributed by atoms with Crippen molar-refractivity contribution in [2.24, 2.45) is 0 Å². The van der Waals surface area contributed by atoms with Crippen LogP contribution in [0, 0.1) is 0 Å². The third-order valence-corrected chi connectivity index (χ3v) is 4.79. The summed E-state index contributed by atoms with van der Waals surface area (Å²) in [6.07, 6.45) is 0. The molecule has 23 heavy (non-hydrogen) atoms. The zero-order valence-corrected chi connectivity index (χ0v) is 13.5. The Bertz CT molecular complexity index is 816. The van der Waals surface area contributed by atoms with Gasteiger partial charge in [0.15, 0.2) is 0 Å². The Labute approximate surface area is 139 Å². The number of nitrogens with zero attached hydrogens (tertiary/aromatic N) is 1. The molecular formula is C21H18BN. The van der Waals surface area contributed by atoms with Crippen molar-refractivity contribution in [3.8, 4) is 0 Å². The van der Waals surface area contributed by atoms with Crippen molar-refractivity contribution >= 4 is 30.4 Å². The molecule has 1 heterocycles. The lowest BCUT2D eigenvalue weighted by molar-refractivity contribution is 0.632. The average Bonchev–Trinajstić information content (AvgIpc) is 2.57. The van der Waals surface area contributed by atoms with Crippen molar-refractivity contribution in [2.75, 3.05) is 4.90 Å². The first-order valence-corrected chi connectivity index (χ1v) is 7.94. The molecule has 0 amide bonds. The normalized spacial score (nSPS) is 15.0. The van der Waals surface area contributed by atoms with E-state index in [1.165, 1.54) is 22.5 Å². The lowest BCUT2D eigenvalue weighted by Gasteiger charge is -2.42. The first-order chi connectivity index (χ1) is 11.1. The van der Waals surface area contributed by atoms with Crippen LogP contribution in [0.15, 0.2) is 72.8 Å². The maximum Gasteiger partial charge on any atom is 0.113 e. The van der Waals surface area contributed by atoms with Crippen molar-refractivity contribution in [1.82, 2.24) is 0 Å². The van der Waals surface area contributed by atoms with Crippen LogP contribution in [0.1, 0.15) is 25.0 Å². The summed E-state index contributed by atoms with van der Waals surface area (Å²) >= 11 is 0. The van der Waals surface area contributed by atoms with Crippen LogP contribution in [-0.2, 0) is 5.41 Å². The fourth-order valence-corrected chi connectivity index (χ4v) is 3.57. The van der Waals surface area contributed by atoms with Crippen LogP contribution in [0.5, 0.6) is 0 Å². The number of anilines is 3. The number of hydrogen-bond donors (Lipinski definition) is 0. The quantitative estimate of drug-likeness (QED) is 0.593. The van der Waals surface area contributed by atoms with Crippen molar-refractivity contribution in [1.29, 1.82) is 0 Å². The Morgan fingerprint density at radius 3 is 1.70 bits per heavy atom. The molecule has 1 nitrogen and oxygen atoms in total. The van der Waals surface area contributed by atoms with Gasteiger partial charge in [-0.3, -0.25) is 0 Å². The van der Waals surface area contributed by atoms with Crippen LogP contribution in [0.2, 0.25) is 0 Å². The zero-order valence-electron chi connectivity index (χ0n) is 13.5. The Kier molecular flexibility index (Phi) is 3.09. The molecule has 2 heteroatoms. The predicted molar refractivity (Wildman–Crippen MR) is 98.6 cm³/mol. The second kappa shape index (κ2) is 5.02. The highest BCUT2D eigenvalue weighted by Gasteiger charge is 2.36. The van der Waals surface area contributed by atoms with E-state index >= 15 is 0 Å². The SMILES string of the molecule is [B]c1ccc(N2c3ccccc3C(C)(C)c3ccccc32)cc1. The van der Waals surface area contributed by atoms with E-state index in [1.807, 2.05) is 12.1 Å². The van der Waals surface area contributed by atoms with Crippen LogP contribution in [0.25, 0.3) is 0 Å². The van der Waals surface area contributed by atoms with Gasteiger partial charge in [-0.1, -0.05) is 67.8 Å². The van der Waals surface area contributed by atoms with Crippen LogP contribution in [0.4, 0.5) is 17.1 Å². The molecule has 1 aliphatic rings. The molecule has 0 fully saturated rings. The molecule has 3 aromatic carbocycles. The van der Waals surface area contributed by atoms with E-state index in [0.717, 1.165) is 11.2 Å². The van der Waals surface area contributed by atoms with E-state index in [2.05, 4.69) is 79.4 Å². The van der Waals surface area contributed by atoms with Crippen LogP contribution >= 0.6 is 0 Å². The van der Waals surface area contributed by atoms with E-state index in [-0.39, 0.29) is 5.41 Å². The van der Waals surface area contributed by atoms with Gasteiger partial charge in [-0.05, 0) is 35.4 Å². The summed E-state index contributed by atoms with van der Waals surface area (Å²) < 4.78 is 0. The topological polar surface area (TPSA) is 3.24 Å². The average molecular weight is 295 g/mol. The van der Waals surface area contributed by atoms with Gasteiger partial charge in [0.1, 0.15) is 7.85 Å². The van der Waals surface area contributed by atoms with Gasteiger partial charge in [-0.2, -0.15) is 0 Å². The summed E-state index contributed by atoms with van der Waals surface area (Å²) in [5, 5.41) is 0. The summed E-state index contributed by atoms with van der Waals surface area (Å²) in [4.78, 5) is 2.33. The highest BCUT2D eigenvalue weighted by Crippen LogP contribution is 2.51. The van der Waals surface area contributed by atoms with Crippen molar-refractivity contribution in [3.63, 3.8) is 0 Å². The fraction of sp³-hybridized carbons (Fsp3) is 0.143. The largest absolute Gasteiger partial charge is 0.310 e. The molecule has 2 radical (unpaired) electrons. The number of para-hydroxylation sites is 2. The van der Waals surface area contributed by atoms with Gasteiger partial charge in [-0.15, -0.1) is 0 Å². The van der Waals surface area contributed by atoms with E-state index in [0.29, 0.717) is 0 Å². The number of fused-ring (bicyclic) bond motifs is 2. The number of hydrogen-bond acceptors (Lipinski definition) is 1. The third kappa shape index (κ3) is 2.09. The van der Waals surface area contributed by atoms with Gasteiger partial charge in [0, 0.05) is 11.1 Å². The van der Waals surface area contributed by atoms with Gasteiger partial charge < -0.3 is 4.90 Å². The smallest absolute Gasteiger partial charge is 0.113 e. The van der Waals surface area contributed by atoms with Gasteiger partial charge in [0.05, 0.1) is 11.4 Å². The van der Waals surface area contributed by atoms with Gasteiger partial charge in [-0.25, -0.2) is 0 Å². The maximum atomic E-state index is 5.87. The summed E-state index contributed by atoms with van der Waals surface area (Å²) in [7, 11) is 5.87. The minimum absolute atomic E-state index is 0.0164. The Morgan fingerprint density at radius 1 is 0.696 bits per heavy atom. The molecule has 0 aromatic heterocycles. The van der Waals surface area contributed by atoms with Crippen LogP contribution in [-0.4, -0.2) is 7.85 Å². The summed E-state index contributed by atoms with van der Waals surface area (Å²) in [5.41, 5.74) is 7.06. The van der Waals surface area contributed by atoms with Crippen molar-refractivity contribution in [3.05, 3.63) is 83.9 Å². The van der Waals surface area contributed by atoms with Crippen LogP contribution < -0.4 is 10.4 Å². The summed E-state index contributed by atoms with van der Waals surface area (Å²) in [6, 6.07) is 25.4. The second-order valence-corrected chi connectivity index (χ2v) is 6.59. The summed E-state index contributed by atoms with van der Waals surface area (Å²) in [6.45, 7) is 4.59. The molecule has 0 saturated heterocycles. The first kappa shape index (κ1) is 14.1. The Morgan fingerprint density at radius 2 is 1.17 bits per heavy atom. The molecule has 0 saturated carbocycles. The molecule has 110 valence electrons. The minimum atomic E-state index is -0.0164. The monoisotopic (exact) mass is 295 g/mol. The first-order valence-electron chi connectivity index (χ1n) is 7.94. The fourth-order valence-electron chi connectivity index (χ4n) is 3.57. The highest BCUT2D eigenvalue weighted by molar-refractivity contribution is 6.32. The van der Waals surface area contributed by atoms with E-state index in [4.69, 9.17) is 7.85 Å². The van der Waals surface area contributed by atoms with E-state index < -0.39 is 0 Å². The molecule has 1 aliphatic heterocycles. The van der Waals surface area contributed by atoms with Gasteiger partial charge >= 0.3 is 0 Å². The van der Waals surface area contributed by atoms with E-state index in [9.17, 15) is 0 Å². The number of rotatable bonds is 1. The maximum absolute atomic E-state index is 5.87. The molecule has 0 atom stereocenters. The summed E-state index contributed by atoms with van der Waals surface area (Å²) in [5.74, 6) is 0. The lowest BCUT2D eigenvalue weighted by Crippen LogP contribution is -2.30. The molecule has 4 rings (SSSR count). The Balaban J connectivity index is 2.02. The molecule has 0 spiro atoms. The van der Waals surface area contributed by atoms with Crippen molar-refractivity contribution in [2.45, 2.75) is 19.3 Å². The Hall–Kier alpha value is -2.48. The molecule has 0 unspecified atom stereocenters. The number of benzene rings is 3. The molecule has 0 aliphatic carbocycles. The molecule has 0 N–H and O–H groups in total. The predicted octanol–water partition coefficient (Wildman–Crippen LogP) is 4.59. The highest BCUT2D eigenvalue weighted by atomic mass is 15.2. The minimum Gasteiger partial charge on any atom is -0.310 e. The van der Waals surface area contributed by atoms with Gasteiger partial charge in [0.2, 0.25) is 0 Å². The molecule has 3 aromatic rings. The van der Waals surface area contributed by atoms with Gasteiger partial charge in [0.25, 0.3) is 0 Å². The molecule has 0 bridgehead atoms. The van der Waals surface area contributed by atoms with Crippen molar-refractivity contribution < 1.29 is 0 Å². The van der Waals surface area contributed by atoms with E-state index in [1.54, 1.807) is 0 Å². The third-order valence-electron chi connectivity index (χ3n) is 4.79. The lowest BCUT2D eigenvalue weighted by atomic mass is 9.73. The zero-order chi connectivity index (χ0) is 16.0. The molecular weight excluding hydrogens is 277 g/mol. The second-order valence-electron chi connectivity index (χ2n) is 6.59. The standard InChI is InChI=1S/C21H18BN/c1-21(2)17-7-3-5-9-19(17)23(16-13-11-15(22)12-14-16)20-10-6-4-8-18(20)21/h3-14H,1-2H3. The van der Waals surface area contributed by atoms with Crippen LogP contribution in [0.3, 0.4) is 0 Å².